The Kier molecular flexibility index (Phi) is 5.44. The Morgan fingerprint density at radius 3 is 2.46 bits per heavy atom. The van der Waals surface area contributed by atoms with Gasteiger partial charge >= 0.3 is 0 Å². The molecule has 0 spiro atoms. The molecular weight excluding hydrogens is 402 g/mol. The van der Waals surface area contributed by atoms with Gasteiger partial charge in [0.05, 0.1) is 34.2 Å². The zero-order valence-electron chi connectivity index (χ0n) is 13.8. The number of hydrogen-bond acceptors (Lipinski definition) is 3. The Morgan fingerprint density at radius 1 is 1.12 bits per heavy atom. The maximum absolute atomic E-state index is 13.4. The van der Waals surface area contributed by atoms with Gasteiger partial charge in [-0.2, -0.15) is 0 Å². The van der Waals surface area contributed by atoms with Crippen LogP contribution in [0.3, 0.4) is 0 Å². The lowest BCUT2D eigenvalue weighted by molar-refractivity contribution is 0.212. The van der Waals surface area contributed by atoms with Crippen molar-refractivity contribution < 1.29 is 14.2 Å². The summed E-state index contributed by atoms with van der Waals surface area (Å²) in [7, 11) is 1.53. The van der Waals surface area contributed by atoms with Crippen molar-refractivity contribution in [3.05, 3.63) is 74.5 Å². The fraction of sp³-hybridized carbons (Fsp3) is 0.167. The van der Waals surface area contributed by atoms with Gasteiger partial charge in [-0.05, 0) is 48.9 Å². The van der Waals surface area contributed by atoms with Crippen molar-refractivity contribution in [1.29, 1.82) is 0 Å². The number of benzene rings is 2. The minimum atomic E-state index is -1.13. The minimum absolute atomic E-state index is 0.0923. The van der Waals surface area contributed by atoms with Gasteiger partial charge in [0.15, 0.2) is 0 Å². The van der Waals surface area contributed by atoms with Crippen LogP contribution in [0.25, 0.3) is 5.69 Å². The number of imidazole rings is 1. The van der Waals surface area contributed by atoms with Crippen molar-refractivity contribution >= 4 is 34.8 Å². The molecule has 8 heteroatoms. The van der Waals surface area contributed by atoms with Gasteiger partial charge in [-0.3, -0.25) is 4.57 Å². The van der Waals surface area contributed by atoms with E-state index in [2.05, 4.69) is 4.98 Å². The SMILES string of the molecule is COc1ccc(C(O)c2c(C)nc(Cl)n2-c2ccc(F)cc2Cl)c(Cl)c1. The summed E-state index contributed by atoms with van der Waals surface area (Å²) in [5.41, 5.74) is 1.73. The second-order valence-electron chi connectivity index (χ2n) is 5.57. The predicted octanol–water partition coefficient (Wildman–Crippen LogP) is 5.37. The van der Waals surface area contributed by atoms with Crippen molar-refractivity contribution in [3.63, 3.8) is 0 Å². The standard InChI is InChI=1S/C18H14Cl3FN2O2/c1-9-16(17(25)12-5-4-11(26-2)8-13(12)19)24(18(21)23-9)15-6-3-10(22)7-14(15)20/h3-8,17,25H,1-2H3. The van der Waals surface area contributed by atoms with E-state index in [0.717, 1.165) is 0 Å². The zero-order valence-corrected chi connectivity index (χ0v) is 16.1. The average molecular weight is 416 g/mol. The molecule has 0 aliphatic carbocycles. The zero-order chi connectivity index (χ0) is 19.0. The minimum Gasteiger partial charge on any atom is -0.497 e. The molecule has 1 heterocycles. The summed E-state index contributed by atoms with van der Waals surface area (Å²) in [5, 5.41) is 11.5. The number of methoxy groups -OCH3 is 1. The summed E-state index contributed by atoms with van der Waals surface area (Å²) < 4.78 is 20.0. The maximum Gasteiger partial charge on any atom is 0.207 e. The Balaban J connectivity index is 2.17. The Labute approximate surface area is 164 Å². The van der Waals surface area contributed by atoms with E-state index in [-0.39, 0.29) is 10.3 Å². The molecule has 0 fully saturated rings. The molecule has 1 aromatic heterocycles. The van der Waals surface area contributed by atoms with Crippen LogP contribution in [0.2, 0.25) is 15.3 Å². The first-order valence-corrected chi connectivity index (χ1v) is 8.68. The van der Waals surface area contributed by atoms with Gasteiger partial charge in [0.2, 0.25) is 5.28 Å². The summed E-state index contributed by atoms with van der Waals surface area (Å²) in [5.74, 6) is 0.0859. The van der Waals surface area contributed by atoms with Gasteiger partial charge in [-0.1, -0.05) is 29.3 Å². The molecule has 0 saturated heterocycles. The van der Waals surface area contributed by atoms with E-state index in [1.54, 1.807) is 25.1 Å². The van der Waals surface area contributed by atoms with Crippen LogP contribution < -0.4 is 4.74 Å². The normalized spacial score (nSPS) is 12.3. The van der Waals surface area contributed by atoms with Gasteiger partial charge in [0.25, 0.3) is 0 Å². The van der Waals surface area contributed by atoms with Crippen molar-refractivity contribution in [2.45, 2.75) is 13.0 Å². The fourth-order valence-corrected chi connectivity index (χ4v) is 3.56. The lowest BCUT2D eigenvalue weighted by Gasteiger charge is -2.18. The molecule has 0 radical (unpaired) electrons. The van der Waals surface area contributed by atoms with Crippen LogP contribution in [0.5, 0.6) is 5.75 Å². The summed E-state index contributed by atoms with van der Waals surface area (Å²) >= 11 is 18.7. The van der Waals surface area contributed by atoms with E-state index in [4.69, 9.17) is 39.5 Å². The van der Waals surface area contributed by atoms with Crippen molar-refractivity contribution in [2.24, 2.45) is 0 Å². The third-order valence-corrected chi connectivity index (χ3v) is 4.85. The highest BCUT2D eigenvalue weighted by Crippen LogP contribution is 2.36. The molecule has 0 aliphatic rings. The number of nitrogens with zero attached hydrogens (tertiary/aromatic N) is 2. The summed E-state index contributed by atoms with van der Waals surface area (Å²) in [6, 6.07) is 8.83. The smallest absolute Gasteiger partial charge is 0.207 e. The molecule has 3 rings (SSSR count). The lowest BCUT2D eigenvalue weighted by atomic mass is 10.0. The average Bonchev–Trinajstić information content (AvgIpc) is 2.88. The van der Waals surface area contributed by atoms with Crippen molar-refractivity contribution in [1.82, 2.24) is 9.55 Å². The summed E-state index contributed by atoms with van der Waals surface area (Å²) in [6.45, 7) is 1.70. The Morgan fingerprint density at radius 2 is 1.85 bits per heavy atom. The van der Waals surface area contributed by atoms with E-state index < -0.39 is 11.9 Å². The number of hydrogen-bond donors (Lipinski definition) is 1. The number of rotatable bonds is 4. The number of halogens is 4. The van der Waals surface area contributed by atoms with Crippen LogP contribution in [0, 0.1) is 12.7 Å². The third kappa shape index (κ3) is 3.40. The van der Waals surface area contributed by atoms with E-state index in [1.165, 1.54) is 29.9 Å². The molecule has 4 nitrogen and oxygen atoms in total. The quantitative estimate of drug-likeness (QED) is 0.623. The van der Waals surface area contributed by atoms with E-state index >= 15 is 0 Å². The molecule has 1 N–H and O–H groups in total. The second kappa shape index (κ2) is 7.45. The second-order valence-corrected chi connectivity index (χ2v) is 6.73. The highest BCUT2D eigenvalue weighted by molar-refractivity contribution is 6.33. The van der Waals surface area contributed by atoms with Crippen LogP contribution in [-0.4, -0.2) is 21.8 Å². The van der Waals surface area contributed by atoms with Gasteiger partial charge in [-0.25, -0.2) is 9.37 Å². The largest absolute Gasteiger partial charge is 0.497 e. The molecule has 136 valence electrons. The highest BCUT2D eigenvalue weighted by Gasteiger charge is 2.25. The Hall–Kier alpha value is -1.79. The molecule has 0 aliphatic heterocycles. The number of ether oxygens (including phenoxy) is 1. The summed E-state index contributed by atoms with van der Waals surface area (Å²) in [4.78, 5) is 4.21. The van der Waals surface area contributed by atoms with Crippen LogP contribution in [-0.2, 0) is 0 Å². The molecular formula is C18H14Cl3FN2O2. The van der Waals surface area contributed by atoms with Crippen LogP contribution in [0.4, 0.5) is 4.39 Å². The first-order valence-electron chi connectivity index (χ1n) is 7.55. The molecule has 3 aromatic rings. The van der Waals surface area contributed by atoms with E-state index in [0.29, 0.717) is 33.4 Å². The highest BCUT2D eigenvalue weighted by atomic mass is 35.5. The Bertz CT molecular complexity index is 975. The van der Waals surface area contributed by atoms with Gasteiger partial charge in [0.1, 0.15) is 17.7 Å². The maximum atomic E-state index is 13.4. The van der Waals surface area contributed by atoms with Gasteiger partial charge in [0, 0.05) is 5.56 Å². The van der Waals surface area contributed by atoms with Crippen molar-refractivity contribution in [3.8, 4) is 11.4 Å². The number of aryl methyl sites for hydroxylation is 1. The van der Waals surface area contributed by atoms with Crippen molar-refractivity contribution in [2.75, 3.05) is 7.11 Å². The first kappa shape index (κ1) is 19.0. The number of aliphatic hydroxyl groups excluding tert-OH is 1. The third-order valence-electron chi connectivity index (χ3n) is 3.97. The van der Waals surface area contributed by atoms with E-state index in [9.17, 15) is 9.50 Å². The van der Waals surface area contributed by atoms with Crippen LogP contribution >= 0.6 is 34.8 Å². The molecule has 0 amide bonds. The molecule has 0 bridgehead atoms. The van der Waals surface area contributed by atoms with Gasteiger partial charge < -0.3 is 9.84 Å². The lowest BCUT2D eigenvalue weighted by Crippen LogP contribution is -2.10. The van der Waals surface area contributed by atoms with Gasteiger partial charge in [-0.15, -0.1) is 0 Å². The van der Waals surface area contributed by atoms with Crippen LogP contribution in [0.15, 0.2) is 36.4 Å². The number of aliphatic hydroxyl groups is 1. The molecule has 2 aromatic carbocycles. The molecule has 26 heavy (non-hydrogen) atoms. The number of aromatic nitrogens is 2. The fourth-order valence-electron chi connectivity index (χ4n) is 2.72. The predicted molar refractivity (Wildman–Crippen MR) is 100 cm³/mol. The first-order chi connectivity index (χ1) is 12.3. The van der Waals surface area contributed by atoms with Crippen LogP contribution in [0.1, 0.15) is 23.1 Å². The molecule has 0 saturated carbocycles. The van der Waals surface area contributed by atoms with E-state index in [1.807, 2.05) is 0 Å². The monoisotopic (exact) mass is 414 g/mol. The topological polar surface area (TPSA) is 47.3 Å². The molecule has 1 unspecified atom stereocenters. The summed E-state index contributed by atoms with van der Waals surface area (Å²) in [6.07, 6.45) is -1.13. The molecule has 1 atom stereocenters.